The lowest BCUT2D eigenvalue weighted by Crippen LogP contribution is -2.52. The Morgan fingerprint density at radius 2 is 1.65 bits per heavy atom. The van der Waals surface area contributed by atoms with Crippen LogP contribution in [0.1, 0.15) is 29.6 Å². The van der Waals surface area contributed by atoms with Crippen molar-refractivity contribution in [3.8, 4) is 11.1 Å². The van der Waals surface area contributed by atoms with E-state index in [1.807, 2.05) is 44.4 Å². The monoisotopic (exact) mass is 663 g/mol. The standard InChI is InChI=1S/C33H37N5O6S2/c1-35(2)21-8-7-10-28(24-45-30-12-5-4-6-13-30)34-37(46(43,44)31-14-9-11-29(22-31)38(41)42)33(40)26-17-15-25(16-18-26)27-19-20-32(39)36(3)23-27/h4-6,9,11-20,22-23,28,34H,7-8,10,21,24H2,1-3H3/t28-/m1/s1. The molecule has 4 aromatic rings. The molecule has 0 saturated carbocycles. The first-order valence-corrected chi connectivity index (χ1v) is 17.1. The normalized spacial score (nSPS) is 12.2. The number of unbranched alkanes of at least 4 members (excludes halogenated alkanes) is 1. The predicted molar refractivity (Wildman–Crippen MR) is 180 cm³/mol. The van der Waals surface area contributed by atoms with Gasteiger partial charge in [-0.05, 0) is 81.0 Å². The van der Waals surface area contributed by atoms with Crippen LogP contribution in [-0.4, -0.2) is 65.6 Å². The number of hydrogen-bond acceptors (Lipinski definition) is 9. The third kappa shape index (κ3) is 9.13. The molecule has 0 radical (unpaired) electrons. The van der Waals surface area contributed by atoms with E-state index in [1.54, 1.807) is 31.4 Å². The summed E-state index contributed by atoms with van der Waals surface area (Å²) in [7, 11) is 1.02. The number of thioether (sulfide) groups is 1. The van der Waals surface area contributed by atoms with E-state index in [1.165, 1.54) is 52.7 Å². The first kappa shape index (κ1) is 34.6. The van der Waals surface area contributed by atoms with Gasteiger partial charge in [-0.25, -0.2) is 5.43 Å². The van der Waals surface area contributed by atoms with Gasteiger partial charge in [0.1, 0.15) is 0 Å². The van der Waals surface area contributed by atoms with Crippen LogP contribution in [0.3, 0.4) is 0 Å². The Hall–Kier alpha value is -4.30. The number of carbonyl (C=O) groups excluding carboxylic acids is 1. The number of nitro groups is 1. The fraction of sp³-hybridized carbons (Fsp3) is 0.273. The molecule has 0 unspecified atom stereocenters. The van der Waals surface area contributed by atoms with E-state index in [0.29, 0.717) is 16.6 Å². The first-order valence-electron chi connectivity index (χ1n) is 14.7. The van der Waals surface area contributed by atoms with E-state index >= 15 is 0 Å². The molecule has 0 saturated heterocycles. The maximum Gasteiger partial charge on any atom is 0.282 e. The number of hydrogen-bond donors (Lipinski definition) is 1. The van der Waals surface area contributed by atoms with E-state index in [4.69, 9.17) is 0 Å². The minimum absolute atomic E-state index is 0.0946. The van der Waals surface area contributed by atoms with Gasteiger partial charge in [-0.2, -0.15) is 12.8 Å². The summed E-state index contributed by atoms with van der Waals surface area (Å²) in [6, 6.07) is 23.4. The largest absolute Gasteiger partial charge is 0.318 e. The Morgan fingerprint density at radius 1 is 0.957 bits per heavy atom. The quantitative estimate of drug-likeness (QED) is 0.0789. The average molecular weight is 664 g/mol. The molecule has 0 aliphatic rings. The molecule has 13 heteroatoms. The van der Waals surface area contributed by atoms with Gasteiger partial charge in [0.05, 0.1) is 9.82 Å². The zero-order valence-electron chi connectivity index (χ0n) is 25.9. The molecular formula is C33H37N5O6S2. The van der Waals surface area contributed by atoms with Crippen LogP contribution in [0.2, 0.25) is 0 Å². The molecule has 1 aromatic heterocycles. The van der Waals surface area contributed by atoms with Crippen molar-refractivity contribution in [2.24, 2.45) is 7.05 Å². The average Bonchev–Trinajstić information content (AvgIpc) is 3.05. The van der Waals surface area contributed by atoms with Crippen molar-refractivity contribution in [1.29, 1.82) is 0 Å². The highest BCUT2D eigenvalue weighted by atomic mass is 32.2. The van der Waals surface area contributed by atoms with Crippen LogP contribution >= 0.6 is 11.8 Å². The maximum atomic E-state index is 14.1. The van der Waals surface area contributed by atoms with Crippen LogP contribution in [0.15, 0.2) is 112 Å². The number of pyridine rings is 1. The summed E-state index contributed by atoms with van der Waals surface area (Å²) in [6.45, 7) is 0.856. The molecule has 0 spiro atoms. The summed E-state index contributed by atoms with van der Waals surface area (Å²) in [5.41, 5.74) is 4.01. The van der Waals surface area contributed by atoms with Crippen LogP contribution in [0.5, 0.6) is 0 Å². The number of hydrazine groups is 1. The molecule has 0 aliphatic carbocycles. The van der Waals surface area contributed by atoms with E-state index in [-0.39, 0.29) is 16.0 Å². The number of nitrogens with one attached hydrogen (secondary N) is 1. The van der Waals surface area contributed by atoms with Gasteiger partial charge in [-0.1, -0.05) is 42.8 Å². The summed E-state index contributed by atoms with van der Waals surface area (Å²) in [6.07, 6.45) is 3.90. The molecule has 242 valence electrons. The molecule has 1 heterocycles. The van der Waals surface area contributed by atoms with Gasteiger partial charge in [0.25, 0.3) is 21.6 Å². The molecule has 46 heavy (non-hydrogen) atoms. The number of nitrogens with zero attached hydrogens (tertiary/aromatic N) is 4. The summed E-state index contributed by atoms with van der Waals surface area (Å²) in [5, 5.41) is 11.5. The minimum atomic E-state index is -4.59. The van der Waals surface area contributed by atoms with E-state index in [0.717, 1.165) is 41.5 Å². The Labute approximate surface area is 273 Å². The number of sulfonamides is 1. The van der Waals surface area contributed by atoms with Gasteiger partial charge in [0.2, 0.25) is 5.56 Å². The van der Waals surface area contributed by atoms with Gasteiger partial charge in [-0.3, -0.25) is 19.7 Å². The Morgan fingerprint density at radius 3 is 2.30 bits per heavy atom. The van der Waals surface area contributed by atoms with Crippen molar-refractivity contribution in [2.45, 2.75) is 35.1 Å². The molecular weight excluding hydrogens is 627 g/mol. The van der Waals surface area contributed by atoms with Crippen molar-refractivity contribution in [3.05, 3.63) is 123 Å². The van der Waals surface area contributed by atoms with Crippen LogP contribution in [-0.2, 0) is 17.1 Å². The van der Waals surface area contributed by atoms with Gasteiger partial charge in [0, 0.05) is 53.7 Å². The van der Waals surface area contributed by atoms with Crippen molar-refractivity contribution < 1.29 is 18.1 Å². The second kappa shape index (κ2) is 15.8. The molecule has 4 rings (SSSR count). The molecule has 1 amide bonds. The second-order valence-electron chi connectivity index (χ2n) is 11.0. The van der Waals surface area contributed by atoms with Gasteiger partial charge < -0.3 is 9.47 Å². The van der Waals surface area contributed by atoms with Gasteiger partial charge in [-0.15, -0.1) is 11.8 Å². The van der Waals surface area contributed by atoms with E-state index in [9.17, 15) is 28.1 Å². The predicted octanol–water partition coefficient (Wildman–Crippen LogP) is 5.19. The molecule has 1 atom stereocenters. The lowest BCUT2D eigenvalue weighted by molar-refractivity contribution is -0.385. The Kier molecular flexibility index (Phi) is 11.9. The van der Waals surface area contributed by atoms with Crippen LogP contribution < -0.4 is 11.0 Å². The smallest absolute Gasteiger partial charge is 0.282 e. The van der Waals surface area contributed by atoms with Crippen molar-refractivity contribution in [2.75, 3.05) is 26.4 Å². The molecule has 11 nitrogen and oxygen atoms in total. The zero-order chi connectivity index (χ0) is 33.3. The number of non-ortho nitro benzene ring substituents is 1. The molecule has 3 aromatic carbocycles. The Balaban J connectivity index is 1.69. The van der Waals surface area contributed by atoms with Gasteiger partial charge in [0.15, 0.2) is 0 Å². The van der Waals surface area contributed by atoms with Crippen molar-refractivity contribution >= 4 is 33.4 Å². The first-order chi connectivity index (χ1) is 22.0. The fourth-order valence-corrected chi connectivity index (χ4v) is 7.00. The number of amides is 1. The summed E-state index contributed by atoms with van der Waals surface area (Å²) in [5.74, 6) is -0.368. The highest BCUT2D eigenvalue weighted by molar-refractivity contribution is 7.99. The molecule has 0 fully saturated rings. The third-order valence-corrected chi connectivity index (χ3v) is 9.98. The van der Waals surface area contributed by atoms with Crippen LogP contribution in [0, 0.1) is 10.1 Å². The molecule has 0 aliphatic heterocycles. The van der Waals surface area contributed by atoms with Gasteiger partial charge >= 0.3 is 0 Å². The molecule has 0 bridgehead atoms. The highest BCUT2D eigenvalue weighted by Gasteiger charge is 2.33. The lowest BCUT2D eigenvalue weighted by atomic mass is 10.1. The number of rotatable bonds is 15. The topological polar surface area (TPSA) is 135 Å². The Bertz CT molecular complexity index is 1810. The number of nitro benzene ring substituents is 1. The zero-order valence-corrected chi connectivity index (χ0v) is 27.5. The highest BCUT2D eigenvalue weighted by Crippen LogP contribution is 2.25. The third-order valence-electron chi connectivity index (χ3n) is 7.20. The number of carbonyl (C=O) groups is 1. The van der Waals surface area contributed by atoms with Crippen molar-refractivity contribution in [3.63, 3.8) is 0 Å². The number of aryl methyl sites for hydroxylation is 1. The summed E-state index contributed by atoms with van der Waals surface area (Å²) in [4.78, 5) is 39.4. The summed E-state index contributed by atoms with van der Waals surface area (Å²) < 4.78 is 30.2. The fourth-order valence-electron chi connectivity index (χ4n) is 4.67. The lowest BCUT2D eigenvalue weighted by Gasteiger charge is -2.29. The summed E-state index contributed by atoms with van der Waals surface area (Å²) >= 11 is 1.54. The van der Waals surface area contributed by atoms with Crippen LogP contribution in [0.4, 0.5) is 5.69 Å². The van der Waals surface area contributed by atoms with Crippen molar-refractivity contribution in [1.82, 2.24) is 19.3 Å². The van der Waals surface area contributed by atoms with E-state index < -0.39 is 32.6 Å². The minimum Gasteiger partial charge on any atom is -0.318 e. The number of aromatic nitrogens is 1. The molecule has 1 N–H and O–H groups in total. The van der Waals surface area contributed by atoms with Crippen LogP contribution in [0.25, 0.3) is 11.1 Å². The van der Waals surface area contributed by atoms with E-state index in [2.05, 4.69) is 10.3 Å². The SMILES string of the molecule is CN(C)CCCC[C@H](CSc1ccccc1)NN(C(=O)c1ccc(-c2ccc(=O)n(C)c2)cc1)S(=O)(=O)c1cccc([N+](=O)[O-])c1. The number of benzene rings is 3. The second-order valence-corrected chi connectivity index (χ2v) is 13.9. The maximum absolute atomic E-state index is 14.1.